The molecule has 3 aromatic rings. The van der Waals surface area contributed by atoms with Crippen LogP contribution in [0.25, 0.3) is 11.0 Å². The average Bonchev–Trinajstić information content (AvgIpc) is 3.09. The molecule has 4 rings (SSSR count). The van der Waals surface area contributed by atoms with Crippen molar-refractivity contribution in [2.24, 2.45) is 11.3 Å². The fourth-order valence-electron chi connectivity index (χ4n) is 4.28. The molecule has 1 aromatic carbocycles. The molecule has 0 bridgehead atoms. The number of pyridine rings is 1. The molecule has 2 heterocycles. The van der Waals surface area contributed by atoms with Crippen LogP contribution in [-0.4, -0.2) is 26.6 Å². The Kier molecular flexibility index (Phi) is 5.29. The molecule has 1 amide bonds. The first-order chi connectivity index (χ1) is 14.6. The molecule has 0 saturated heterocycles. The van der Waals surface area contributed by atoms with E-state index in [1.807, 2.05) is 38.1 Å². The van der Waals surface area contributed by atoms with E-state index in [4.69, 9.17) is 0 Å². The van der Waals surface area contributed by atoms with Gasteiger partial charge in [-0.05, 0) is 42.4 Å². The highest BCUT2D eigenvalue weighted by atomic mass is 16.2. The SMILES string of the molecule is CC(C)CC(NC(=O)c1cc2c([nH]c1=O)CC(C)(C)CC2=O)c1nc2ccccc2[nH]1. The molecule has 1 atom stereocenters. The molecule has 0 saturated carbocycles. The molecule has 0 fully saturated rings. The number of benzene rings is 1. The second-order valence-electron chi connectivity index (χ2n) is 9.64. The van der Waals surface area contributed by atoms with Crippen LogP contribution >= 0.6 is 0 Å². The number of H-pyrrole nitrogens is 2. The smallest absolute Gasteiger partial charge is 0.261 e. The van der Waals surface area contributed by atoms with Crippen LogP contribution in [0.1, 0.15) is 78.8 Å². The summed E-state index contributed by atoms with van der Waals surface area (Å²) in [4.78, 5) is 49.0. The number of imidazole rings is 1. The number of carbonyl (C=O) groups is 2. The van der Waals surface area contributed by atoms with Gasteiger partial charge in [-0.1, -0.05) is 39.8 Å². The third kappa shape index (κ3) is 4.31. The van der Waals surface area contributed by atoms with Crippen molar-refractivity contribution in [1.29, 1.82) is 0 Å². The number of ketones is 1. The van der Waals surface area contributed by atoms with Gasteiger partial charge in [0.15, 0.2) is 5.78 Å². The number of Topliss-reactive ketones (excluding diaryl/α,β-unsaturated/α-hetero) is 1. The zero-order chi connectivity index (χ0) is 22.3. The van der Waals surface area contributed by atoms with Gasteiger partial charge in [0.1, 0.15) is 11.4 Å². The van der Waals surface area contributed by atoms with Gasteiger partial charge in [0, 0.05) is 17.7 Å². The quantitative estimate of drug-likeness (QED) is 0.581. The van der Waals surface area contributed by atoms with E-state index in [0.717, 1.165) is 11.0 Å². The molecular weight excluding hydrogens is 392 g/mol. The lowest BCUT2D eigenvalue weighted by atomic mass is 9.75. The van der Waals surface area contributed by atoms with E-state index >= 15 is 0 Å². The molecule has 0 radical (unpaired) electrons. The largest absolute Gasteiger partial charge is 0.342 e. The van der Waals surface area contributed by atoms with Gasteiger partial charge < -0.3 is 15.3 Å². The fraction of sp³-hybridized carbons (Fsp3) is 0.417. The van der Waals surface area contributed by atoms with Crippen LogP contribution in [0.2, 0.25) is 0 Å². The van der Waals surface area contributed by atoms with Crippen molar-refractivity contribution in [2.75, 3.05) is 0 Å². The zero-order valence-corrected chi connectivity index (χ0v) is 18.3. The summed E-state index contributed by atoms with van der Waals surface area (Å²) in [5, 5.41) is 2.96. The van der Waals surface area contributed by atoms with Crippen molar-refractivity contribution in [2.45, 2.75) is 53.0 Å². The van der Waals surface area contributed by atoms with Crippen LogP contribution in [-0.2, 0) is 6.42 Å². The van der Waals surface area contributed by atoms with Crippen molar-refractivity contribution in [3.05, 3.63) is 63.3 Å². The molecular formula is C24H28N4O3. The van der Waals surface area contributed by atoms with Gasteiger partial charge in [-0.15, -0.1) is 0 Å². The summed E-state index contributed by atoms with van der Waals surface area (Å²) >= 11 is 0. The van der Waals surface area contributed by atoms with Gasteiger partial charge in [-0.2, -0.15) is 0 Å². The number of amides is 1. The Morgan fingerprint density at radius 1 is 1.16 bits per heavy atom. The van der Waals surface area contributed by atoms with Gasteiger partial charge in [0.05, 0.1) is 17.1 Å². The Labute approximate surface area is 180 Å². The fourth-order valence-corrected chi connectivity index (χ4v) is 4.28. The first kappa shape index (κ1) is 21.0. The Bertz CT molecular complexity index is 1190. The van der Waals surface area contributed by atoms with E-state index in [1.54, 1.807) is 0 Å². The Balaban J connectivity index is 1.65. The summed E-state index contributed by atoms with van der Waals surface area (Å²) in [6.07, 6.45) is 1.64. The number of hydrogen-bond acceptors (Lipinski definition) is 4. The predicted molar refractivity (Wildman–Crippen MR) is 119 cm³/mol. The van der Waals surface area contributed by atoms with Crippen LogP contribution in [0.15, 0.2) is 35.1 Å². The van der Waals surface area contributed by atoms with Crippen molar-refractivity contribution in [3.8, 4) is 0 Å². The summed E-state index contributed by atoms with van der Waals surface area (Å²) in [5.41, 5.74) is 2.03. The van der Waals surface area contributed by atoms with E-state index in [2.05, 4.69) is 34.1 Å². The summed E-state index contributed by atoms with van der Waals surface area (Å²) in [7, 11) is 0. The van der Waals surface area contributed by atoms with Gasteiger partial charge >= 0.3 is 0 Å². The zero-order valence-electron chi connectivity index (χ0n) is 18.3. The van der Waals surface area contributed by atoms with Crippen LogP contribution in [0.3, 0.4) is 0 Å². The van der Waals surface area contributed by atoms with Crippen molar-refractivity contribution in [1.82, 2.24) is 20.3 Å². The molecule has 162 valence electrons. The highest BCUT2D eigenvalue weighted by molar-refractivity contribution is 6.02. The van der Waals surface area contributed by atoms with Gasteiger partial charge in [-0.3, -0.25) is 14.4 Å². The third-order valence-corrected chi connectivity index (χ3v) is 5.71. The maximum Gasteiger partial charge on any atom is 0.261 e. The van der Waals surface area contributed by atoms with E-state index in [-0.39, 0.29) is 22.8 Å². The molecule has 3 N–H and O–H groups in total. The summed E-state index contributed by atoms with van der Waals surface area (Å²) in [5.74, 6) is 0.389. The summed E-state index contributed by atoms with van der Waals surface area (Å²) in [6.45, 7) is 8.12. The molecule has 0 aliphatic heterocycles. The maximum atomic E-state index is 13.1. The number of aromatic nitrogens is 3. The number of hydrogen-bond donors (Lipinski definition) is 3. The first-order valence-corrected chi connectivity index (χ1v) is 10.7. The molecule has 7 heteroatoms. The topological polar surface area (TPSA) is 108 Å². The normalized spacial score (nSPS) is 16.4. The van der Waals surface area contributed by atoms with Gasteiger partial charge in [0.25, 0.3) is 11.5 Å². The Morgan fingerprint density at radius 2 is 1.90 bits per heavy atom. The minimum Gasteiger partial charge on any atom is -0.342 e. The number of carbonyl (C=O) groups excluding carboxylic acids is 2. The number of aromatic amines is 2. The maximum absolute atomic E-state index is 13.1. The average molecular weight is 421 g/mol. The number of para-hydroxylation sites is 2. The highest BCUT2D eigenvalue weighted by Gasteiger charge is 2.33. The number of fused-ring (bicyclic) bond motifs is 2. The van der Waals surface area contributed by atoms with E-state index in [0.29, 0.717) is 42.3 Å². The lowest BCUT2D eigenvalue weighted by Gasteiger charge is -2.29. The molecule has 1 aliphatic carbocycles. The number of nitrogens with one attached hydrogen (secondary N) is 3. The van der Waals surface area contributed by atoms with E-state index in [1.165, 1.54) is 6.07 Å². The van der Waals surface area contributed by atoms with Gasteiger partial charge in [0.2, 0.25) is 0 Å². The highest BCUT2D eigenvalue weighted by Crippen LogP contribution is 2.33. The van der Waals surface area contributed by atoms with Crippen molar-refractivity contribution >= 4 is 22.7 Å². The molecule has 1 unspecified atom stereocenters. The molecule has 2 aromatic heterocycles. The summed E-state index contributed by atoms with van der Waals surface area (Å²) in [6, 6.07) is 8.74. The Hall–Kier alpha value is -3.22. The second kappa shape index (κ2) is 7.80. The lowest BCUT2D eigenvalue weighted by Crippen LogP contribution is -2.36. The van der Waals surface area contributed by atoms with Crippen LogP contribution in [0, 0.1) is 11.3 Å². The first-order valence-electron chi connectivity index (χ1n) is 10.7. The molecule has 0 spiro atoms. The van der Waals surface area contributed by atoms with Crippen LogP contribution < -0.4 is 10.9 Å². The van der Waals surface area contributed by atoms with E-state index < -0.39 is 11.5 Å². The monoisotopic (exact) mass is 420 g/mol. The second-order valence-corrected chi connectivity index (χ2v) is 9.64. The van der Waals surface area contributed by atoms with Gasteiger partial charge in [-0.25, -0.2) is 4.98 Å². The number of nitrogens with zero attached hydrogens (tertiary/aromatic N) is 1. The standard InChI is InChI=1S/C24H28N4O3/c1-13(2)9-18(21-25-16-7-5-6-8-17(16)26-21)27-22(30)15-10-14-19(28-23(15)31)11-24(3,4)12-20(14)29/h5-8,10,13,18H,9,11-12H2,1-4H3,(H,25,26)(H,27,30)(H,28,31). The minimum atomic E-state index is -0.507. The van der Waals surface area contributed by atoms with Crippen molar-refractivity contribution < 1.29 is 9.59 Å². The number of rotatable bonds is 5. The van der Waals surface area contributed by atoms with Crippen LogP contribution in [0.5, 0.6) is 0 Å². The summed E-state index contributed by atoms with van der Waals surface area (Å²) < 4.78 is 0. The molecule has 7 nitrogen and oxygen atoms in total. The third-order valence-electron chi connectivity index (χ3n) is 5.71. The lowest BCUT2D eigenvalue weighted by molar-refractivity contribution is 0.0910. The minimum absolute atomic E-state index is 0.0447. The van der Waals surface area contributed by atoms with Crippen molar-refractivity contribution in [3.63, 3.8) is 0 Å². The Morgan fingerprint density at radius 3 is 2.61 bits per heavy atom. The van der Waals surface area contributed by atoms with E-state index in [9.17, 15) is 14.4 Å². The predicted octanol–water partition coefficient (Wildman–Crippen LogP) is 3.92. The molecule has 31 heavy (non-hydrogen) atoms. The van der Waals surface area contributed by atoms with Crippen LogP contribution in [0.4, 0.5) is 0 Å². The molecule has 1 aliphatic rings.